The van der Waals surface area contributed by atoms with Gasteiger partial charge in [0.2, 0.25) is 0 Å². The minimum atomic E-state index is -0.442. The van der Waals surface area contributed by atoms with Crippen LogP contribution in [0.3, 0.4) is 0 Å². The summed E-state index contributed by atoms with van der Waals surface area (Å²) < 4.78 is 13.9. The Balaban J connectivity index is 2.56. The maximum Gasteiger partial charge on any atom is 0.165 e. The summed E-state index contributed by atoms with van der Waals surface area (Å²) in [5, 5.41) is 0. The Morgan fingerprint density at radius 1 is 1.31 bits per heavy atom. The predicted octanol–water partition coefficient (Wildman–Crippen LogP) is 4.74. The van der Waals surface area contributed by atoms with Gasteiger partial charge < -0.3 is 0 Å². The van der Waals surface area contributed by atoms with Gasteiger partial charge in [0.1, 0.15) is 5.82 Å². The molecule has 0 amide bonds. The molecular formula is C13H16BrFO. The van der Waals surface area contributed by atoms with Crippen LogP contribution in [0.4, 0.5) is 4.39 Å². The van der Waals surface area contributed by atoms with Gasteiger partial charge in [-0.15, -0.1) is 0 Å². The van der Waals surface area contributed by atoms with Crippen molar-refractivity contribution in [3.8, 4) is 0 Å². The van der Waals surface area contributed by atoms with E-state index in [2.05, 4.69) is 22.9 Å². The van der Waals surface area contributed by atoms with Crippen LogP contribution >= 0.6 is 15.9 Å². The highest BCUT2D eigenvalue weighted by molar-refractivity contribution is 9.10. The van der Waals surface area contributed by atoms with Crippen LogP contribution in [0.15, 0.2) is 22.7 Å². The smallest absolute Gasteiger partial charge is 0.165 e. The summed E-state index contributed by atoms with van der Waals surface area (Å²) in [4.78, 5) is 11.7. The third-order valence-corrected chi connectivity index (χ3v) is 3.12. The van der Waals surface area contributed by atoms with Crippen LogP contribution in [0.5, 0.6) is 0 Å². The molecule has 0 saturated heterocycles. The first-order chi connectivity index (χ1) is 7.66. The quantitative estimate of drug-likeness (QED) is 0.545. The monoisotopic (exact) mass is 286 g/mol. The van der Waals surface area contributed by atoms with Gasteiger partial charge in [-0.25, -0.2) is 4.39 Å². The summed E-state index contributed by atoms with van der Waals surface area (Å²) >= 11 is 3.08. The topological polar surface area (TPSA) is 17.1 Å². The van der Waals surface area contributed by atoms with Gasteiger partial charge in [-0.05, 0) is 34.5 Å². The molecule has 0 fully saturated rings. The standard InChI is InChI=1S/C13H16BrFO/c1-2-3-4-5-9-12(16)10-7-6-8-11(14)13(10)15/h6-8H,2-5,9H2,1H3. The number of hydrogen-bond donors (Lipinski definition) is 0. The average molecular weight is 287 g/mol. The van der Waals surface area contributed by atoms with Gasteiger partial charge in [-0.2, -0.15) is 0 Å². The van der Waals surface area contributed by atoms with Crippen molar-refractivity contribution in [1.82, 2.24) is 0 Å². The Morgan fingerprint density at radius 2 is 2.06 bits per heavy atom. The maximum absolute atomic E-state index is 13.6. The van der Waals surface area contributed by atoms with Crippen LogP contribution in [0.1, 0.15) is 49.4 Å². The van der Waals surface area contributed by atoms with Crippen LogP contribution in [-0.2, 0) is 0 Å². The van der Waals surface area contributed by atoms with E-state index in [0.717, 1.165) is 25.7 Å². The minimum absolute atomic E-state index is 0.102. The number of benzene rings is 1. The van der Waals surface area contributed by atoms with Crippen molar-refractivity contribution < 1.29 is 9.18 Å². The second-order valence-corrected chi connectivity index (χ2v) is 4.69. The van der Waals surface area contributed by atoms with E-state index in [1.165, 1.54) is 0 Å². The first kappa shape index (κ1) is 13.4. The lowest BCUT2D eigenvalue weighted by Crippen LogP contribution is -2.02. The molecule has 0 atom stereocenters. The number of carbonyl (C=O) groups is 1. The molecule has 16 heavy (non-hydrogen) atoms. The van der Waals surface area contributed by atoms with Crippen molar-refractivity contribution >= 4 is 21.7 Å². The largest absolute Gasteiger partial charge is 0.294 e. The van der Waals surface area contributed by atoms with E-state index in [1.54, 1.807) is 18.2 Å². The van der Waals surface area contributed by atoms with Gasteiger partial charge in [0.05, 0.1) is 10.0 Å². The highest BCUT2D eigenvalue weighted by Gasteiger charge is 2.12. The fraction of sp³-hybridized carbons (Fsp3) is 0.462. The van der Waals surface area contributed by atoms with E-state index in [-0.39, 0.29) is 11.3 Å². The maximum atomic E-state index is 13.6. The summed E-state index contributed by atoms with van der Waals surface area (Å²) in [6.45, 7) is 2.12. The number of ketones is 1. The van der Waals surface area contributed by atoms with Gasteiger partial charge in [0.15, 0.2) is 5.78 Å². The van der Waals surface area contributed by atoms with E-state index < -0.39 is 5.82 Å². The molecule has 0 aliphatic carbocycles. The molecule has 3 heteroatoms. The van der Waals surface area contributed by atoms with Crippen molar-refractivity contribution in [3.63, 3.8) is 0 Å². The Hall–Kier alpha value is -0.700. The van der Waals surface area contributed by atoms with Crippen molar-refractivity contribution in [2.75, 3.05) is 0 Å². The van der Waals surface area contributed by atoms with E-state index in [1.807, 2.05) is 0 Å². The zero-order chi connectivity index (χ0) is 12.0. The second-order valence-electron chi connectivity index (χ2n) is 3.84. The summed E-state index contributed by atoms with van der Waals surface area (Å²) in [5.74, 6) is -0.544. The molecule has 1 rings (SSSR count). The Morgan fingerprint density at radius 3 is 2.75 bits per heavy atom. The SMILES string of the molecule is CCCCCCC(=O)c1cccc(Br)c1F. The molecule has 1 aromatic carbocycles. The van der Waals surface area contributed by atoms with Crippen LogP contribution in [-0.4, -0.2) is 5.78 Å². The summed E-state index contributed by atoms with van der Waals surface area (Å²) in [6, 6.07) is 4.83. The zero-order valence-electron chi connectivity index (χ0n) is 9.43. The third kappa shape index (κ3) is 3.71. The molecular weight excluding hydrogens is 271 g/mol. The molecule has 0 aromatic heterocycles. The number of halogens is 2. The molecule has 1 nitrogen and oxygen atoms in total. The first-order valence-corrected chi connectivity index (χ1v) is 6.43. The lowest BCUT2D eigenvalue weighted by atomic mass is 10.0. The average Bonchev–Trinajstić information content (AvgIpc) is 2.28. The highest BCUT2D eigenvalue weighted by atomic mass is 79.9. The number of Topliss-reactive ketones (excluding diaryl/α,β-unsaturated/α-hetero) is 1. The normalized spacial score (nSPS) is 10.4. The van der Waals surface area contributed by atoms with Crippen molar-refractivity contribution in [3.05, 3.63) is 34.1 Å². The van der Waals surface area contributed by atoms with Crippen LogP contribution in [0, 0.1) is 5.82 Å². The molecule has 0 unspecified atom stereocenters. The molecule has 88 valence electrons. The molecule has 0 spiro atoms. The second kappa shape index (κ2) is 6.79. The van der Waals surface area contributed by atoms with Gasteiger partial charge >= 0.3 is 0 Å². The molecule has 0 bridgehead atoms. The number of unbranched alkanes of at least 4 members (excludes halogenated alkanes) is 3. The number of hydrogen-bond acceptors (Lipinski definition) is 1. The summed E-state index contributed by atoms with van der Waals surface area (Å²) in [7, 11) is 0. The molecule has 0 N–H and O–H groups in total. The Kier molecular flexibility index (Phi) is 5.67. The molecule has 0 saturated carbocycles. The van der Waals surface area contributed by atoms with Gasteiger partial charge in [-0.3, -0.25) is 4.79 Å². The Bertz CT molecular complexity index is 363. The number of rotatable bonds is 6. The van der Waals surface area contributed by atoms with Crippen LogP contribution in [0.2, 0.25) is 0 Å². The van der Waals surface area contributed by atoms with E-state index in [9.17, 15) is 9.18 Å². The first-order valence-electron chi connectivity index (χ1n) is 5.64. The summed E-state index contributed by atoms with van der Waals surface area (Å²) in [5.41, 5.74) is 0.200. The van der Waals surface area contributed by atoms with Crippen molar-refractivity contribution in [2.24, 2.45) is 0 Å². The lowest BCUT2D eigenvalue weighted by Gasteiger charge is -2.03. The van der Waals surface area contributed by atoms with Crippen molar-refractivity contribution in [2.45, 2.75) is 39.0 Å². The van der Waals surface area contributed by atoms with Crippen LogP contribution < -0.4 is 0 Å². The molecule has 1 aromatic rings. The predicted molar refractivity (Wildman–Crippen MR) is 67.2 cm³/mol. The zero-order valence-corrected chi connectivity index (χ0v) is 11.0. The summed E-state index contributed by atoms with van der Waals surface area (Å²) in [6.07, 6.45) is 4.59. The molecule has 0 heterocycles. The Labute approximate surface area is 104 Å². The molecule has 0 aliphatic rings. The number of carbonyl (C=O) groups excluding carboxylic acids is 1. The fourth-order valence-electron chi connectivity index (χ4n) is 1.57. The van der Waals surface area contributed by atoms with Gasteiger partial charge in [0.25, 0.3) is 0 Å². The lowest BCUT2D eigenvalue weighted by molar-refractivity contribution is 0.0975. The van der Waals surface area contributed by atoms with Crippen LogP contribution in [0.25, 0.3) is 0 Å². The van der Waals surface area contributed by atoms with E-state index in [0.29, 0.717) is 10.9 Å². The third-order valence-electron chi connectivity index (χ3n) is 2.51. The van der Waals surface area contributed by atoms with E-state index >= 15 is 0 Å². The van der Waals surface area contributed by atoms with Crippen molar-refractivity contribution in [1.29, 1.82) is 0 Å². The van der Waals surface area contributed by atoms with Gasteiger partial charge in [-0.1, -0.05) is 32.3 Å². The van der Waals surface area contributed by atoms with E-state index in [4.69, 9.17) is 0 Å². The minimum Gasteiger partial charge on any atom is -0.294 e. The molecule has 0 radical (unpaired) electrons. The fourth-order valence-corrected chi connectivity index (χ4v) is 1.93. The van der Waals surface area contributed by atoms with Gasteiger partial charge in [0, 0.05) is 6.42 Å². The molecule has 0 aliphatic heterocycles. The highest BCUT2D eigenvalue weighted by Crippen LogP contribution is 2.20.